The zero-order chi connectivity index (χ0) is 20.4. The molecule has 1 N–H and O–H groups in total. The summed E-state index contributed by atoms with van der Waals surface area (Å²) in [5.41, 5.74) is 0.711. The fraction of sp³-hybridized carbons (Fsp3) is 0.333. The Balaban J connectivity index is 1.65. The van der Waals surface area contributed by atoms with Crippen LogP contribution in [-0.2, 0) is 32.5 Å². The summed E-state index contributed by atoms with van der Waals surface area (Å²) in [6.07, 6.45) is 0.287. The van der Waals surface area contributed by atoms with Gasteiger partial charge in [-0.1, -0.05) is 41.6 Å². The lowest BCUT2D eigenvalue weighted by Gasteiger charge is -2.07. The number of hydrogen-bond acceptors (Lipinski definition) is 5. The molecular weight excluding hydrogens is 402 g/mol. The first-order chi connectivity index (χ1) is 13.3. The van der Waals surface area contributed by atoms with Crippen LogP contribution in [0.2, 0.25) is 5.02 Å². The summed E-state index contributed by atoms with van der Waals surface area (Å²) in [7, 11) is 4.77. The number of carbonyl (C=O) groups is 1. The highest BCUT2D eigenvalue weighted by Gasteiger charge is 2.17. The van der Waals surface area contributed by atoms with Crippen molar-refractivity contribution in [2.75, 3.05) is 5.75 Å². The van der Waals surface area contributed by atoms with Gasteiger partial charge in [-0.25, -0.2) is 9.78 Å². The van der Waals surface area contributed by atoms with Gasteiger partial charge in [0.05, 0.1) is 0 Å². The minimum absolute atomic E-state index is 0.102. The second-order valence-corrected chi connectivity index (χ2v) is 7.77. The van der Waals surface area contributed by atoms with E-state index in [2.05, 4.69) is 10.3 Å². The summed E-state index contributed by atoms with van der Waals surface area (Å²) in [5.74, 6) is 0.384. The molecular formula is C18H20ClN5O3S. The fourth-order valence-corrected chi connectivity index (χ4v) is 3.96. The largest absolute Gasteiger partial charge is 0.352 e. The van der Waals surface area contributed by atoms with Crippen molar-refractivity contribution in [3.05, 3.63) is 55.7 Å². The lowest BCUT2D eigenvalue weighted by atomic mass is 10.2. The Hall–Kier alpha value is -2.52. The fourth-order valence-electron chi connectivity index (χ4n) is 2.85. The maximum atomic E-state index is 12.3. The van der Waals surface area contributed by atoms with E-state index in [4.69, 9.17) is 11.6 Å². The first kappa shape index (κ1) is 20.2. The van der Waals surface area contributed by atoms with Crippen LogP contribution in [0.25, 0.3) is 11.2 Å². The van der Waals surface area contributed by atoms with Gasteiger partial charge in [-0.2, -0.15) is 0 Å². The molecule has 0 atom stereocenters. The van der Waals surface area contributed by atoms with E-state index in [-0.39, 0.29) is 17.8 Å². The first-order valence-corrected chi connectivity index (χ1v) is 9.93. The van der Waals surface area contributed by atoms with Crippen molar-refractivity contribution in [3.8, 4) is 0 Å². The Bertz CT molecular complexity index is 1160. The van der Waals surface area contributed by atoms with Gasteiger partial charge in [0.25, 0.3) is 5.56 Å². The number of rotatable bonds is 6. The van der Waals surface area contributed by atoms with Crippen LogP contribution in [0.3, 0.4) is 0 Å². The molecule has 3 aromatic rings. The van der Waals surface area contributed by atoms with Gasteiger partial charge in [-0.05, 0) is 11.6 Å². The number of halogens is 1. The third-order valence-electron chi connectivity index (χ3n) is 4.42. The van der Waals surface area contributed by atoms with E-state index in [1.807, 2.05) is 18.2 Å². The molecule has 148 valence electrons. The quantitative estimate of drug-likeness (QED) is 0.608. The molecule has 0 unspecified atom stereocenters. The lowest BCUT2D eigenvalue weighted by Crippen LogP contribution is -2.37. The number of fused-ring (bicyclic) bond motifs is 1. The van der Waals surface area contributed by atoms with E-state index in [0.717, 1.165) is 10.1 Å². The molecule has 3 rings (SSSR count). The minimum Gasteiger partial charge on any atom is -0.352 e. The third-order valence-corrected chi connectivity index (χ3v) is 5.82. The van der Waals surface area contributed by atoms with E-state index in [1.165, 1.54) is 23.4 Å². The summed E-state index contributed by atoms with van der Waals surface area (Å²) in [4.78, 5) is 40.8. The second-order valence-electron chi connectivity index (χ2n) is 6.30. The predicted octanol–water partition coefficient (Wildman–Crippen LogP) is 1.42. The summed E-state index contributed by atoms with van der Waals surface area (Å²) in [6.45, 7) is 0.369. The highest BCUT2D eigenvalue weighted by atomic mass is 35.5. The molecule has 2 heterocycles. The Morgan fingerprint density at radius 3 is 2.57 bits per heavy atom. The average Bonchev–Trinajstić information content (AvgIpc) is 3.00. The number of aryl methyl sites for hydroxylation is 2. The minimum atomic E-state index is -0.432. The monoisotopic (exact) mass is 421 g/mol. The zero-order valence-corrected chi connectivity index (χ0v) is 17.3. The Morgan fingerprint density at radius 2 is 1.86 bits per heavy atom. The number of amides is 1. The third kappa shape index (κ3) is 3.85. The Kier molecular flexibility index (Phi) is 5.95. The Morgan fingerprint density at radius 1 is 1.14 bits per heavy atom. The van der Waals surface area contributed by atoms with Gasteiger partial charge in [0.2, 0.25) is 5.91 Å². The SMILES string of the molecule is Cn1c(=O)c2nc(SCCC(=O)NCc3ccccc3Cl)n(C)c2n(C)c1=O. The van der Waals surface area contributed by atoms with Gasteiger partial charge in [0.1, 0.15) is 0 Å². The first-order valence-electron chi connectivity index (χ1n) is 8.56. The molecule has 0 aliphatic carbocycles. The zero-order valence-electron chi connectivity index (χ0n) is 15.7. The standard InChI is InChI=1S/C18H20ClN5O3S/c1-22-15-14(16(26)24(3)18(27)23(15)2)21-17(22)28-9-8-13(25)20-10-11-6-4-5-7-12(11)19/h4-7H,8-10H2,1-3H3,(H,20,25). The molecule has 0 fully saturated rings. The highest BCUT2D eigenvalue weighted by molar-refractivity contribution is 7.99. The molecule has 0 aliphatic heterocycles. The average molecular weight is 422 g/mol. The van der Waals surface area contributed by atoms with Crippen molar-refractivity contribution in [1.29, 1.82) is 0 Å². The van der Waals surface area contributed by atoms with Crippen LogP contribution in [0.5, 0.6) is 0 Å². The van der Waals surface area contributed by atoms with Crippen molar-refractivity contribution in [1.82, 2.24) is 24.0 Å². The number of hydrogen-bond donors (Lipinski definition) is 1. The van der Waals surface area contributed by atoms with Crippen molar-refractivity contribution in [2.45, 2.75) is 18.1 Å². The molecule has 1 amide bonds. The van der Waals surface area contributed by atoms with E-state index in [9.17, 15) is 14.4 Å². The molecule has 0 radical (unpaired) electrons. The van der Waals surface area contributed by atoms with Gasteiger partial charge in [0.15, 0.2) is 16.3 Å². The topological polar surface area (TPSA) is 90.9 Å². The van der Waals surface area contributed by atoms with Crippen molar-refractivity contribution in [3.63, 3.8) is 0 Å². The normalized spacial score (nSPS) is 11.1. The maximum Gasteiger partial charge on any atom is 0.332 e. The number of nitrogens with zero attached hydrogens (tertiary/aromatic N) is 4. The molecule has 0 saturated carbocycles. The van der Waals surface area contributed by atoms with Gasteiger partial charge >= 0.3 is 5.69 Å². The molecule has 0 bridgehead atoms. The molecule has 8 nitrogen and oxygen atoms in total. The van der Waals surface area contributed by atoms with Crippen LogP contribution < -0.4 is 16.6 Å². The number of carbonyl (C=O) groups excluding carboxylic acids is 1. The molecule has 10 heteroatoms. The predicted molar refractivity (Wildman–Crippen MR) is 110 cm³/mol. The molecule has 1 aromatic carbocycles. The summed E-state index contributed by atoms with van der Waals surface area (Å²) in [5, 5.41) is 4.03. The van der Waals surface area contributed by atoms with E-state index in [0.29, 0.717) is 28.1 Å². The number of imidazole rings is 1. The number of benzene rings is 1. The smallest absolute Gasteiger partial charge is 0.332 e. The van der Waals surface area contributed by atoms with Crippen molar-refractivity contribution >= 4 is 40.4 Å². The van der Waals surface area contributed by atoms with Crippen LogP contribution >= 0.6 is 23.4 Å². The lowest BCUT2D eigenvalue weighted by molar-refractivity contribution is -0.120. The summed E-state index contributed by atoms with van der Waals surface area (Å²) in [6, 6.07) is 7.35. The van der Waals surface area contributed by atoms with Crippen LogP contribution in [0, 0.1) is 0 Å². The van der Waals surface area contributed by atoms with Crippen LogP contribution in [0.1, 0.15) is 12.0 Å². The van der Waals surface area contributed by atoms with Crippen LogP contribution in [0.4, 0.5) is 0 Å². The second kappa shape index (κ2) is 8.24. The number of thioether (sulfide) groups is 1. The molecule has 28 heavy (non-hydrogen) atoms. The van der Waals surface area contributed by atoms with Gasteiger partial charge in [-0.3, -0.25) is 18.7 Å². The van der Waals surface area contributed by atoms with E-state index >= 15 is 0 Å². The van der Waals surface area contributed by atoms with Crippen LogP contribution in [0.15, 0.2) is 39.0 Å². The molecule has 0 saturated heterocycles. The van der Waals surface area contributed by atoms with Gasteiger partial charge < -0.3 is 9.88 Å². The molecule has 0 aliphatic rings. The van der Waals surface area contributed by atoms with E-state index in [1.54, 1.807) is 24.7 Å². The van der Waals surface area contributed by atoms with Gasteiger partial charge in [0, 0.05) is 44.9 Å². The van der Waals surface area contributed by atoms with Crippen molar-refractivity contribution in [2.24, 2.45) is 21.1 Å². The van der Waals surface area contributed by atoms with Gasteiger partial charge in [-0.15, -0.1) is 0 Å². The molecule has 0 spiro atoms. The highest BCUT2D eigenvalue weighted by Crippen LogP contribution is 2.21. The maximum absolute atomic E-state index is 12.3. The number of aromatic nitrogens is 4. The Labute approximate surface area is 170 Å². The van der Waals surface area contributed by atoms with E-state index < -0.39 is 11.2 Å². The number of nitrogens with one attached hydrogen (secondary N) is 1. The summed E-state index contributed by atoms with van der Waals surface area (Å²) < 4.78 is 4.13. The summed E-state index contributed by atoms with van der Waals surface area (Å²) >= 11 is 7.43. The van der Waals surface area contributed by atoms with Crippen LogP contribution in [-0.4, -0.2) is 30.3 Å². The molecule has 2 aromatic heterocycles. The van der Waals surface area contributed by atoms with Crippen molar-refractivity contribution < 1.29 is 4.79 Å².